The van der Waals surface area contributed by atoms with E-state index < -0.39 is 30.2 Å². The van der Waals surface area contributed by atoms with Gasteiger partial charge < -0.3 is 4.74 Å². The Bertz CT molecular complexity index is 1070. The molecule has 0 atom stereocenters. The third kappa shape index (κ3) is 4.61. The number of hydrogen-bond donors (Lipinski definition) is 0. The fourth-order valence-corrected chi connectivity index (χ4v) is 2.65. The van der Waals surface area contributed by atoms with Crippen LogP contribution in [0.5, 0.6) is 5.75 Å². The van der Waals surface area contributed by atoms with Crippen molar-refractivity contribution in [1.82, 2.24) is 0 Å². The Morgan fingerprint density at radius 2 is 1.71 bits per heavy atom. The molecule has 28 heavy (non-hydrogen) atoms. The third-order valence-corrected chi connectivity index (χ3v) is 4.09. The Balaban J connectivity index is 1.85. The molecular formula is C22H15F5O. The second-order valence-electron chi connectivity index (χ2n) is 6.14. The van der Waals surface area contributed by atoms with Gasteiger partial charge >= 0.3 is 6.18 Å². The van der Waals surface area contributed by atoms with E-state index in [0.717, 1.165) is 29.5 Å². The molecule has 0 aromatic heterocycles. The fourth-order valence-electron chi connectivity index (χ4n) is 2.65. The first-order chi connectivity index (χ1) is 13.3. The average molecular weight is 390 g/mol. The Morgan fingerprint density at radius 1 is 0.929 bits per heavy atom. The molecule has 0 N–H and O–H groups in total. The van der Waals surface area contributed by atoms with Gasteiger partial charge in [-0.1, -0.05) is 43.0 Å². The number of ether oxygens (including phenoxy) is 1. The molecule has 0 heterocycles. The minimum absolute atomic E-state index is 0.148. The van der Waals surface area contributed by atoms with Crippen molar-refractivity contribution >= 4 is 10.8 Å². The fraction of sp³-hybridized carbons (Fsp3) is 0.182. The van der Waals surface area contributed by atoms with Crippen LogP contribution in [-0.4, -0.2) is 12.8 Å². The molecule has 0 fully saturated rings. The minimum Gasteiger partial charge on any atom is -0.481 e. The standard InChI is InChI=1S/C22H15F5O/c1-2-14-4-9-18-17(11-14)8-7-16(21(18)24)6-3-15-5-10-20(19(23)12-15)28-13-22(25,26)27/h4-5,7-12H,2,13H2,1H3. The summed E-state index contributed by atoms with van der Waals surface area (Å²) in [6.45, 7) is 0.424. The van der Waals surface area contributed by atoms with Crippen LogP contribution in [0.25, 0.3) is 10.8 Å². The van der Waals surface area contributed by atoms with Crippen molar-refractivity contribution in [3.05, 3.63) is 76.9 Å². The maximum atomic E-state index is 14.7. The summed E-state index contributed by atoms with van der Waals surface area (Å²) in [5.41, 5.74) is 1.43. The molecule has 0 bridgehead atoms. The summed E-state index contributed by atoms with van der Waals surface area (Å²) in [5, 5.41) is 1.20. The van der Waals surface area contributed by atoms with Crippen LogP contribution in [0.1, 0.15) is 23.6 Å². The first kappa shape index (κ1) is 19.7. The number of alkyl halides is 3. The van der Waals surface area contributed by atoms with E-state index in [9.17, 15) is 22.0 Å². The molecule has 0 aliphatic heterocycles. The van der Waals surface area contributed by atoms with Crippen molar-refractivity contribution < 1.29 is 26.7 Å². The topological polar surface area (TPSA) is 9.23 Å². The van der Waals surface area contributed by atoms with Gasteiger partial charge in [-0.3, -0.25) is 0 Å². The zero-order valence-electron chi connectivity index (χ0n) is 14.8. The summed E-state index contributed by atoms with van der Waals surface area (Å²) in [5.74, 6) is 3.30. The quantitative estimate of drug-likeness (QED) is 0.392. The van der Waals surface area contributed by atoms with Crippen LogP contribution in [-0.2, 0) is 6.42 Å². The maximum Gasteiger partial charge on any atom is 0.422 e. The van der Waals surface area contributed by atoms with Gasteiger partial charge in [0.05, 0.1) is 5.56 Å². The predicted molar refractivity (Wildman–Crippen MR) is 97.2 cm³/mol. The molecule has 0 unspecified atom stereocenters. The van der Waals surface area contributed by atoms with Crippen LogP contribution in [0.15, 0.2) is 48.5 Å². The smallest absolute Gasteiger partial charge is 0.422 e. The van der Waals surface area contributed by atoms with Crippen molar-refractivity contribution in [3.63, 3.8) is 0 Å². The van der Waals surface area contributed by atoms with Gasteiger partial charge in [0, 0.05) is 10.9 Å². The van der Waals surface area contributed by atoms with Crippen molar-refractivity contribution in [1.29, 1.82) is 0 Å². The third-order valence-electron chi connectivity index (χ3n) is 4.09. The molecule has 6 heteroatoms. The van der Waals surface area contributed by atoms with E-state index in [2.05, 4.69) is 16.6 Å². The lowest BCUT2D eigenvalue weighted by atomic mass is 10.0. The van der Waals surface area contributed by atoms with Gasteiger partial charge in [-0.2, -0.15) is 13.2 Å². The molecule has 3 aromatic rings. The number of hydrogen-bond acceptors (Lipinski definition) is 1. The normalized spacial score (nSPS) is 11.2. The molecule has 0 radical (unpaired) electrons. The van der Waals surface area contributed by atoms with Gasteiger partial charge in [0.1, 0.15) is 5.82 Å². The van der Waals surface area contributed by atoms with Crippen molar-refractivity contribution in [3.8, 4) is 17.6 Å². The summed E-state index contributed by atoms with van der Waals surface area (Å²) in [6.07, 6.45) is -3.72. The monoisotopic (exact) mass is 390 g/mol. The lowest BCUT2D eigenvalue weighted by Crippen LogP contribution is -2.19. The molecular weight excluding hydrogens is 375 g/mol. The van der Waals surface area contributed by atoms with E-state index in [1.165, 1.54) is 6.07 Å². The van der Waals surface area contributed by atoms with E-state index in [1.807, 2.05) is 19.1 Å². The van der Waals surface area contributed by atoms with Gasteiger partial charge in [-0.25, -0.2) is 8.78 Å². The minimum atomic E-state index is -4.56. The van der Waals surface area contributed by atoms with Gasteiger partial charge in [0.25, 0.3) is 0 Å². The van der Waals surface area contributed by atoms with Crippen LogP contribution in [0.3, 0.4) is 0 Å². The van der Waals surface area contributed by atoms with Gasteiger partial charge in [-0.05, 0) is 41.6 Å². The average Bonchev–Trinajstić information content (AvgIpc) is 2.65. The van der Waals surface area contributed by atoms with E-state index in [1.54, 1.807) is 18.2 Å². The molecule has 0 amide bonds. The molecule has 1 nitrogen and oxygen atoms in total. The highest BCUT2D eigenvalue weighted by atomic mass is 19.4. The zero-order valence-corrected chi connectivity index (χ0v) is 14.8. The van der Waals surface area contributed by atoms with Gasteiger partial charge in [-0.15, -0.1) is 0 Å². The summed E-state index contributed by atoms with van der Waals surface area (Å²) in [6, 6.07) is 12.1. The number of aryl methyl sites for hydroxylation is 1. The number of benzene rings is 3. The van der Waals surface area contributed by atoms with E-state index in [4.69, 9.17) is 0 Å². The molecule has 0 saturated carbocycles. The van der Waals surface area contributed by atoms with Gasteiger partial charge in [0.15, 0.2) is 18.2 Å². The van der Waals surface area contributed by atoms with E-state index >= 15 is 0 Å². The summed E-state index contributed by atoms with van der Waals surface area (Å²) < 4.78 is 69.4. The lowest BCUT2D eigenvalue weighted by molar-refractivity contribution is -0.153. The molecule has 0 aliphatic carbocycles. The zero-order chi connectivity index (χ0) is 20.3. The summed E-state index contributed by atoms with van der Waals surface area (Å²) in [4.78, 5) is 0. The maximum absolute atomic E-state index is 14.7. The van der Waals surface area contributed by atoms with Crippen LogP contribution in [0.4, 0.5) is 22.0 Å². The van der Waals surface area contributed by atoms with Crippen LogP contribution < -0.4 is 4.74 Å². The molecule has 0 spiro atoms. The van der Waals surface area contributed by atoms with E-state index in [0.29, 0.717) is 5.39 Å². The van der Waals surface area contributed by atoms with Crippen LogP contribution in [0.2, 0.25) is 0 Å². The van der Waals surface area contributed by atoms with Crippen LogP contribution >= 0.6 is 0 Å². The summed E-state index contributed by atoms with van der Waals surface area (Å²) in [7, 11) is 0. The summed E-state index contributed by atoms with van der Waals surface area (Å²) >= 11 is 0. The number of halogens is 5. The molecule has 0 aliphatic rings. The molecule has 3 rings (SSSR count). The molecule has 0 saturated heterocycles. The largest absolute Gasteiger partial charge is 0.481 e. The Hall–Kier alpha value is -3.07. The first-order valence-electron chi connectivity index (χ1n) is 8.49. The van der Waals surface area contributed by atoms with Crippen molar-refractivity contribution in [2.24, 2.45) is 0 Å². The predicted octanol–water partition coefficient (Wildman–Crippen LogP) is 6.02. The first-order valence-corrected chi connectivity index (χ1v) is 8.49. The number of fused-ring (bicyclic) bond motifs is 1. The Morgan fingerprint density at radius 3 is 2.39 bits per heavy atom. The second-order valence-corrected chi connectivity index (χ2v) is 6.14. The number of rotatable bonds is 3. The SMILES string of the molecule is CCc1ccc2c(F)c(C#Cc3ccc(OCC(F)(F)F)c(F)c3)ccc2c1. The second kappa shape index (κ2) is 7.89. The highest BCUT2D eigenvalue weighted by Gasteiger charge is 2.28. The Kier molecular flexibility index (Phi) is 5.55. The highest BCUT2D eigenvalue weighted by Crippen LogP contribution is 2.24. The van der Waals surface area contributed by atoms with Crippen molar-refractivity contribution in [2.45, 2.75) is 19.5 Å². The highest BCUT2D eigenvalue weighted by molar-refractivity contribution is 5.85. The Labute approximate surface area is 158 Å². The molecule has 3 aromatic carbocycles. The molecule has 144 valence electrons. The van der Waals surface area contributed by atoms with Gasteiger partial charge in [0.2, 0.25) is 0 Å². The lowest BCUT2D eigenvalue weighted by Gasteiger charge is -2.09. The van der Waals surface area contributed by atoms with Crippen LogP contribution in [0, 0.1) is 23.5 Å². The van der Waals surface area contributed by atoms with Crippen molar-refractivity contribution in [2.75, 3.05) is 6.61 Å². The van der Waals surface area contributed by atoms with E-state index in [-0.39, 0.29) is 11.1 Å².